The number of hydrogen-bond donors (Lipinski definition) is 1. The molecule has 0 aliphatic carbocycles. The molecule has 0 radical (unpaired) electrons. The van der Waals surface area contributed by atoms with Crippen molar-refractivity contribution in [3.05, 3.63) is 0 Å². The lowest BCUT2D eigenvalue weighted by molar-refractivity contribution is -0.118. The molecule has 0 bridgehead atoms. The Morgan fingerprint density at radius 3 is 2.54 bits per heavy atom. The highest BCUT2D eigenvalue weighted by Crippen LogP contribution is 2.26. The van der Waals surface area contributed by atoms with Crippen LogP contribution in [0.15, 0.2) is 0 Å². The zero-order valence-corrected chi connectivity index (χ0v) is 8.88. The van der Waals surface area contributed by atoms with Gasteiger partial charge in [-0.1, -0.05) is 13.3 Å². The van der Waals surface area contributed by atoms with Gasteiger partial charge >= 0.3 is 0 Å². The van der Waals surface area contributed by atoms with Gasteiger partial charge in [-0.15, -0.1) is 0 Å². The molecule has 3 nitrogen and oxygen atoms in total. The Bertz CT molecular complexity index is 140. The fraction of sp³-hybridized carbons (Fsp3) is 1.00. The number of ether oxygens (including phenoxy) is 1. The largest absolute Gasteiger partial charge is 0.380 e. The van der Waals surface area contributed by atoms with Gasteiger partial charge in [0.15, 0.2) is 0 Å². The van der Waals surface area contributed by atoms with E-state index in [1.54, 1.807) is 0 Å². The molecular weight excluding hydrogens is 164 g/mol. The summed E-state index contributed by atoms with van der Waals surface area (Å²) < 4.78 is 5.23. The first-order valence-electron chi connectivity index (χ1n) is 5.19. The van der Waals surface area contributed by atoms with Crippen molar-refractivity contribution in [2.75, 3.05) is 39.9 Å². The third-order valence-electron chi connectivity index (χ3n) is 2.75. The molecule has 0 aromatic rings. The Labute approximate surface area is 81.2 Å². The first-order chi connectivity index (χ1) is 6.22. The fourth-order valence-electron chi connectivity index (χ4n) is 1.74. The minimum absolute atomic E-state index is 0.266. The molecular formula is C10H22N2O. The summed E-state index contributed by atoms with van der Waals surface area (Å²) in [5.74, 6) is 0. The van der Waals surface area contributed by atoms with Crippen molar-refractivity contribution < 1.29 is 4.74 Å². The van der Waals surface area contributed by atoms with E-state index in [2.05, 4.69) is 18.9 Å². The second kappa shape index (κ2) is 4.94. The van der Waals surface area contributed by atoms with Crippen molar-refractivity contribution in [3.63, 3.8) is 0 Å². The van der Waals surface area contributed by atoms with Crippen molar-refractivity contribution in [2.45, 2.75) is 19.8 Å². The number of nitrogens with two attached hydrogens (primary N) is 1. The molecule has 3 heteroatoms. The van der Waals surface area contributed by atoms with Gasteiger partial charge in [-0.05, 0) is 20.0 Å². The lowest BCUT2D eigenvalue weighted by Crippen LogP contribution is -2.54. The van der Waals surface area contributed by atoms with Gasteiger partial charge in [0.1, 0.15) is 0 Å². The highest BCUT2D eigenvalue weighted by Gasteiger charge is 2.37. The normalized spacial score (nSPS) is 20.3. The third-order valence-corrected chi connectivity index (χ3v) is 2.75. The van der Waals surface area contributed by atoms with E-state index in [-0.39, 0.29) is 5.41 Å². The summed E-state index contributed by atoms with van der Waals surface area (Å²) in [5.41, 5.74) is 6.01. The van der Waals surface area contributed by atoms with Crippen molar-refractivity contribution in [1.29, 1.82) is 0 Å². The van der Waals surface area contributed by atoms with Crippen LogP contribution in [0.3, 0.4) is 0 Å². The molecule has 1 saturated heterocycles. The molecule has 1 fully saturated rings. The molecule has 0 unspecified atom stereocenters. The average molecular weight is 186 g/mol. The van der Waals surface area contributed by atoms with Crippen molar-refractivity contribution >= 4 is 0 Å². The zero-order valence-electron chi connectivity index (χ0n) is 8.88. The SMILES string of the molecule is CCCCN(C)CC1(CN)COC1. The first-order valence-corrected chi connectivity index (χ1v) is 5.19. The second-order valence-corrected chi connectivity index (χ2v) is 4.29. The van der Waals surface area contributed by atoms with Crippen LogP contribution in [0.2, 0.25) is 0 Å². The molecule has 1 aliphatic rings. The Morgan fingerprint density at radius 2 is 2.15 bits per heavy atom. The first kappa shape index (κ1) is 11.0. The van der Waals surface area contributed by atoms with Crippen LogP contribution in [0, 0.1) is 5.41 Å². The number of unbranched alkanes of at least 4 members (excludes halogenated alkanes) is 1. The van der Waals surface area contributed by atoms with E-state index in [1.165, 1.54) is 19.4 Å². The minimum atomic E-state index is 0.266. The van der Waals surface area contributed by atoms with Crippen LogP contribution in [0.4, 0.5) is 0 Å². The molecule has 1 aliphatic heterocycles. The van der Waals surface area contributed by atoms with E-state index in [0.29, 0.717) is 0 Å². The summed E-state index contributed by atoms with van der Waals surface area (Å²) in [6.07, 6.45) is 2.54. The summed E-state index contributed by atoms with van der Waals surface area (Å²) in [7, 11) is 2.17. The van der Waals surface area contributed by atoms with Crippen LogP contribution in [-0.2, 0) is 4.74 Å². The molecule has 0 saturated carbocycles. The summed E-state index contributed by atoms with van der Waals surface area (Å²) in [4.78, 5) is 2.37. The van der Waals surface area contributed by atoms with E-state index in [1.807, 2.05) is 0 Å². The van der Waals surface area contributed by atoms with Crippen LogP contribution < -0.4 is 5.73 Å². The van der Waals surface area contributed by atoms with Crippen LogP contribution in [-0.4, -0.2) is 44.8 Å². The van der Waals surface area contributed by atoms with Gasteiger partial charge in [0.25, 0.3) is 0 Å². The molecule has 1 rings (SSSR count). The van der Waals surface area contributed by atoms with Crippen LogP contribution >= 0.6 is 0 Å². The zero-order chi connectivity index (χ0) is 9.73. The summed E-state index contributed by atoms with van der Waals surface area (Å²) in [6, 6.07) is 0. The summed E-state index contributed by atoms with van der Waals surface area (Å²) in [6.45, 7) is 6.93. The standard InChI is InChI=1S/C10H22N2O/c1-3-4-5-12(2)7-10(6-11)8-13-9-10/h3-9,11H2,1-2H3. The maximum atomic E-state index is 5.74. The Hall–Kier alpha value is -0.120. The molecule has 0 spiro atoms. The quantitative estimate of drug-likeness (QED) is 0.663. The fourth-order valence-corrected chi connectivity index (χ4v) is 1.74. The number of nitrogens with zero attached hydrogens (tertiary/aromatic N) is 1. The highest BCUT2D eigenvalue weighted by atomic mass is 16.5. The molecule has 0 atom stereocenters. The molecule has 78 valence electrons. The van der Waals surface area contributed by atoms with E-state index < -0.39 is 0 Å². The Balaban J connectivity index is 2.21. The number of rotatable bonds is 6. The monoisotopic (exact) mass is 186 g/mol. The smallest absolute Gasteiger partial charge is 0.0569 e. The summed E-state index contributed by atoms with van der Waals surface area (Å²) >= 11 is 0. The van der Waals surface area contributed by atoms with Gasteiger partial charge < -0.3 is 15.4 Å². The second-order valence-electron chi connectivity index (χ2n) is 4.29. The molecule has 13 heavy (non-hydrogen) atoms. The van der Waals surface area contributed by atoms with Crippen LogP contribution in [0.1, 0.15) is 19.8 Å². The lowest BCUT2D eigenvalue weighted by atomic mass is 9.85. The Kier molecular flexibility index (Phi) is 4.16. The maximum absolute atomic E-state index is 5.74. The topological polar surface area (TPSA) is 38.5 Å². The molecule has 0 aromatic heterocycles. The van der Waals surface area contributed by atoms with Crippen LogP contribution in [0.25, 0.3) is 0 Å². The summed E-state index contributed by atoms with van der Waals surface area (Å²) in [5, 5.41) is 0. The highest BCUT2D eigenvalue weighted by molar-refractivity contribution is 4.88. The molecule has 1 heterocycles. The van der Waals surface area contributed by atoms with E-state index in [4.69, 9.17) is 10.5 Å². The minimum Gasteiger partial charge on any atom is -0.380 e. The maximum Gasteiger partial charge on any atom is 0.0569 e. The molecule has 0 amide bonds. The van der Waals surface area contributed by atoms with Gasteiger partial charge in [0.2, 0.25) is 0 Å². The van der Waals surface area contributed by atoms with Crippen molar-refractivity contribution in [3.8, 4) is 0 Å². The molecule has 0 aromatic carbocycles. The van der Waals surface area contributed by atoms with E-state index >= 15 is 0 Å². The molecule has 2 N–H and O–H groups in total. The predicted octanol–water partition coefficient (Wildman–Crippen LogP) is 0.694. The van der Waals surface area contributed by atoms with E-state index in [0.717, 1.165) is 26.3 Å². The lowest BCUT2D eigenvalue weighted by Gasteiger charge is -2.43. The van der Waals surface area contributed by atoms with Crippen molar-refractivity contribution in [2.24, 2.45) is 11.1 Å². The van der Waals surface area contributed by atoms with E-state index in [9.17, 15) is 0 Å². The van der Waals surface area contributed by atoms with Gasteiger partial charge in [-0.2, -0.15) is 0 Å². The van der Waals surface area contributed by atoms with Gasteiger partial charge in [0.05, 0.1) is 13.2 Å². The average Bonchev–Trinajstić information content (AvgIpc) is 2.08. The number of hydrogen-bond acceptors (Lipinski definition) is 3. The van der Waals surface area contributed by atoms with Crippen molar-refractivity contribution in [1.82, 2.24) is 4.90 Å². The predicted molar refractivity (Wildman–Crippen MR) is 54.7 cm³/mol. The third kappa shape index (κ3) is 2.93. The van der Waals surface area contributed by atoms with Gasteiger partial charge in [0, 0.05) is 18.5 Å². The van der Waals surface area contributed by atoms with Crippen LogP contribution in [0.5, 0.6) is 0 Å². The van der Waals surface area contributed by atoms with Gasteiger partial charge in [-0.25, -0.2) is 0 Å². The Morgan fingerprint density at radius 1 is 1.46 bits per heavy atom. The van der Waals surface area contributed by atoms with Gasteiger partial charge in [-0.3, -0.25) is 0 Å².